The zero-order chi connectivity index (χ0) is 15.7. The largest absolute Gasteiger partial charge is 0.497 e. The van der Waals surface area contributed by atoms with Crippen molar-refractivity contribution in [2.45, 2.75) is 12.0 Å². The molecule has 1 heterocycles. The molecule has 4 nitrogen and oxygen atoms in total. The average molecular weight is 292 g/mol. The summed E-state index contributed by atoms with van der Waals surface area (Å²) >= 11 is 0. The zero-order valence-electron chi connectivity index (χ0n) is 12.5. The predicted molar refractivity (Wildman–Crippen MR) is 82.8 cm³/mol. The molecule has 2 unspecified atom stereocenters. The molecule has 0 N–H and O–H groups in total. The summed E-state index contributed by atoms with van der Waals surface area (Å²) in [6, 6.07) is 17.0. The molecule has 2 aromatic rings. The van der Waals surface area contributed by atoms with Crippen molar-refractivity contribution in [1.29, 1.82) is 5.26 Å². The number of hydrogen-bond donors (Lipinski definition) is 0. The van der Waals surface area contributed by atoms with Gasteiger partial charge in [-0.1, -0.05) is 30.3 Å². The van der Waals surface area contributed by atoms with Crippen molar-refractivity contribution in [1.82, 2.24) is 4.90 Å². The van der Waals surface area contributed by atoms with Gasteiger partial charge in [0.15, 0.2) is 0 Å². The number of likely N-dealkylation sites (N-methyl/N-ethyl adjacent to an activating group) is 1. The highest BCUT2D eigenvalue weighted by Gasteiger charge is 2.39. The van der Waals surface area contributed by atoms with Crippen LogP contribution in [0.15, 0.2) is 48.5 Å². The fourth-order valence-electron chi connectivity index (χ4n) is 3.01. The van der Waals surface area contributed by atoms with Crippen LogP contribution in [0.3, 0.4) is 0 Å². The van der Waals surface area contributed by atoms with Gasteiger partial charge in [0.05, 0.1) is 13.2 Å². The minimum atomic E-state index is -0.533. The maximum absolute atomic E-state index is 12.5. The minimum Gasteiger partial charge on any atom is -0.497 e. The second-order valence-corrected chi connectivity index (χ2v) is 5.33. The molecule has 1 aliphatic rings. The highest BCUT2D eigenvalue weighted by atomic mass is 16.5. The number of carbonyl (C=O) groups is 1. The number of fused-ring (bicyclic) bond motifs is 1. The number of benzene rings is 2. The number of amides is 1. The van der Waals surface area contributed by atoms with E-state index in [1.165, 1.54) is 4.90 Å². The molecule has 110 valence electrons. The van der Waals surface area contributed by atoms with Gasteiger partial charge in [-0.2, -0.15) is 5.26 Å². The van der Waals surface area contributed by atoms with Gasteiger partial charge in [-0.15, -0.1) is 0 Å². The normalized spacial score (nSPS) is 20.2. The van der Waals surface area contributed by atoms with Crippen LogP contribution in [0.5, 0.6) is 5.75 Å². The Morgan fingerprint density at radius 1 is 1.18 bits per heavy atom. The van der Waals surface area contributed by atoms with Crippen LogP contribution in [0.25, 0.3) is 0 Å². The monoisotopic (exact) mass is 292 g/mol. The Morgan fingerprint density at radius 3 is 2.55 bits per heavy atom. The van der Waals surface area contributed by atoms with Crippen molar-refractivity contribution in [3.05, 3.63) is 65.2 Å². The Hall–Kier alpha value is -2.80. The van der Waals surface area contributed by atoms with Crippen molar-refractivity contribution < 1.29 is 9.53 Å². The Kier molecular flexibility index (Phi) is 3.56. The Balaban J connectivity index is 2.24. The van der Waals surface area contributed by atoms with E-state index in [-0.39, 0.29) is 11.8 Å². The summed E-state index contributed by atoms with van der Waals surface area (Å²) in [4.78, 5) is 14.0. The molecule has 1 amide bonds. The fraction of sp³-hybridized carbons (Fsp3) is 0.222. The third-order valence-corrected chi connectivity index (χ3v) is 4.17. The second kappa shape index (κ2) is 5.53. The summed E-state index contributed by atoms with van der Waals surface area (Å²) in [5.41, 5.74) is 2.49. The molecule has 0 aliphatic carbocycles. The number of carbonyl (C=O) groups excluding carboxylic acids is 1. The molecule has 3 rings (SSSR count). The Bertz CT molecular complexity index is 749. The van der Waals surface area contributed by atoms with E-state index in [9.17, 15) is 10.1 Å². The van der Waals surface area contributed by atoms with Gasteiger partial charge in [0.25, 0.3) is 5.91 Å². The lowest BCUT2D eigenvalue weighted by molar-refractivity contribution is 0.0731. The van der Waals surface area contributed by atoms with Crippen LogP contribution in [0, 0.1) is 11.3 Å². The third-order valence-electron chi connectivity index (χ3n) is 4.17. The quantitative estimate of drug-likeness (QED) is 0.855. The van der Waals surface area contributed by atoms with Gasteiger partial charge in [-0.05, 0) is 29.3 Å². The number of nitrogens with zero attached hydrogens (tertiary/aromatic N) is 2. The molecular formula is C18H16N2O2. The van der Waals surface area contributed by atoms with Crippen molar-refractivity contribution in [3.63, 3.8) is 0 Å². The smallest absolute Gasteiger partial charge is 0.255 e. The molecule has 0 radical (unpaired) electrons. The minimum absolute atomic E-state index is 0.128. The highest BCUT2D eigenvalue weighted by Crippen LogP contribution is 2.38. The number of rotatable bonds is 2. The molecule has 1 aliphatic heterocycles. The van der Waals surface area contributed by atoms with Crippen LogP contribution >= 0.6 is 0 Å². The topological polar surface area (TPSA) is 53.3 Å². The zero-order valence-corrected chi connectivity index (χ0v) is 12.5. The summed E-state index contributed by atoms with van der Waals surface area (Å²) in [6.45, 7) is 0. The standard InChI is InChI=1S/C18H16N2O2/c1-20-16(11-19)17(12-6-4-3-5-7-12)15-10-13(22-2)8-9-14(15)18(20)21/h3-10,16-17H,1-2H3. The van der Waals surface area contributed by atoms with Crippen LogP contribution in [0.2, 0.25) is 0 Å². The van der Waals surface area contributed by atoms with Crippen LogP contribution in [0.4, 0.5) is 0 Å². The van der Waals surface area contributed by atoms with E-state index in [4.69, 9.17) is 4.74 Å². The van der Waals surface area contributed by atoms with Crippen LogP contribution in [0.1, 0.15) is 27.4 Å². The Labute approximate surface area is 129 Å². The van der Waals surface area contributed by atoms with Gasteiger partial charge in [-0.3, -0.25) is 4.79 Å². The molecule has 2 atom stereocenters. The van der Waals surface area contributed by atoms with E-state index in [0.717, 1.165) is 11.1 Å². The summed E-state index contributed by atoms with van der Waals surface area (Å²) in [5, 5.41) is 9.59. The van der Waals surface area contributed by atoms with Gasteiger partial charge < -0.3 is 9.64 Å². The second-order valence-electron chi connectivity index (χ2n) is 5.33. The lowest BCUT2D eigenvalue weighted by Gasteiger charge is -2.36. The first-order chi connectivity index (χ1) is 10.7. The number of methoxy groups -OCH3 is 1. The first-order valence-corrected chi connectivity index (χ1v) is 7.07. The van der Waals surface area contributed by atoms with E-state index < -0.39 is 6.04 Å². The predicted octanol–water partition coefficient (Wildman–Crippen LogP) is 2.80. The van der Waals surface area contributed by atoms with Gasteiger partial charge in [0, 0.05) is 18.5 Å². The van der Waals surface area contributed by atoms with E-state index in [1.54, 1.807) is 26.3 Å². The van der Waals surface area contributed by atoms with E-state index in [1.807, 2.05) is 36.4 Å². The van der Waals surface area contributed by atoms with Gasteiger partial charge in [0.1, 0.15) is 11.8 Å². The molecule has 22 heavy (non-hydrogen) atoms. The number of ether oxygens (including phenoxy) is 1. The summed E-state index contributed by atoms with van der Waals surface area (Å²) in [6.07, 6.45) is 0. The maximum Gasteiger partial charge on any atom is 0.255 e. The lowest BCUT2D eigenvalue weighted by atomic mass is 9.79. The molecule has 0 spiro atoms. The summed E-state index contributed by atoms with van der Waals surface area (Å²) in [7, 11) is 3.27. The first kappa shape index (κ1) is 14.2. The van der Waals surface area contributed by atoms with E-state index in [0.29, 0.717) is 11.3 Å². The average Bonchev–Trinajstić information content (AvgIpc) is 2.58. The molecule has 0 saturated carbocycles. The molecule has 0 aromatic heterocycles. The van der Waals surface area contributed by atoms with Crippen molar-refractivity contribution >= 4 is 5.91 Å². The van der Waals surface area contributed by atoms with Gasteiger partial charge >= 0.3 is 0 Å². The lowest BCUT2D eigenvalue weighted by Crippen LogP contribution is -2.45. The number of hydrogen-bond acceptors (Lipinski definition) is 3. The number of nitriles is 1. The van der Waals surface area contributed by atoms with Crippen molar-refractivity contribution in [2.24, 2.45) is 0 Å². The summed E-state index contributed by atoms with van der Waals surface area (Å²) < 4.78 is 5.29. The SMILES string of the molecule is COc1ccc2c(c1)C(c1ccccc1)C(C#N)N(C)C2=O. The van der Waals surface area contributed by atoms with Crippen molar-refractivity contribution in [2.75, 3.05) is 14.2 Å². The van der Waals surface area contributed by atoms with Crippen molar-refractivity contribution in [3.8, 4) is 11.8 Å². The van der Waals surface area contributed by atoms with Crippen LogP contribution in [-0.2, 0) is 0 Å². The molecule has 0 bridgehead atoms. The van der Waals surface area contributed by atoms with Crippen LogP contribution in [-0.4, -0.2) is 31.0 Å². The molecular weight excluding hydrogens is 276 g/mol. The maximum atomic E-state index is 12.5. The molecule has 2 aromatic carbocycles. The molecule has 0 saturated heterocycles. The third kappa shape index (κ3) is 2.11. The van der Waals surface area contributed by atoms with Crippen LogP contribution < -0.4 is 4.74 Å². The molecule has 4 heteroatoms. The van der Waals surface area contributed by atoms with Gasteiger partial charge in [0.2, 0.25) is 0 Å². The van der Waals surface area contributed by atoms with Gasteiger partial charge in [-0.25, -0.2) is 0 Å². The van der Waals surface area contributed by atoms with E-state index >= 15 is 0 Å². The highest BCUT2D eigenvalue weighted by molar-refractivity contribution is 5.98. The fourth-order valence-corrected chi connectivity index (χ4v) is 3.01. The van der Waals surface area contributed by atoms with E-state index in [2.05, 4.69) is 6.07 Å². The Morgan fingerprint density at radius 2 is 1.91 bits per heavy atom. The first-order valence-electron chi connectivity index (χ1n) is 7.07. The summed E-state index contributed by atoms with van der Waals surface area (Å²) in [5.74, 6) is 0.379. The molecule has 0 fully saturated rings.